The number of rotatable bonds is 2. The molecule has 0 bridgehead atoms. The molecule has 1 aromatic carbocycles. The van der Waals surface area contributed by atoms with E-state index >= 15 is 0 Å². The van der Waals surface area contributed by atoms with Crippen molar-refractivity contribution in [2.75, 3.05) is 6.61 Å². The second kappa shape index (κ2) is 3.62. The van der Waals surface area contributed by atoms with Crippen LogP contribution < -0.4 is 10.5 Å². The highest BCUT2D eigenvalue weighted by Gasteiger charge is 2.14. The van der Waals surface area contributed by atoms with Crippen LogP contribution in [0.2, 0.25) is 0 Å². The molecule has 1 aromatic heterocycles. The Morgan fingerprint density at radius 1 is 1.47 bits per heavy atom. The molecule has 0 radical (unpaired) electrons. The zero-order valence-corrected chi connectivity index (χ0v) is 9.06. The molecule has 0 saturated heterocycles. The molecule has 0 spiro atoms. The lowest BCUT2D eigenvalue weighted by Gasteiger charge is -2.01. The van der Waals surface area contributed by atoms with Crippen molar-refractivity contribution in [2.45, 2.75) is 6.42 Å². The van der Waals surface area contributed by atoms with Gasteiger partial charge in [-0.05, 0) is 23.8 Å². The van der Waals surface area contributed by atoms with E-state index in [1.54, 1.807) is 6.20 Å². The largest absolute Gasteiger partial charge is 0.493 e. The van der Waals surface area contributed by atoms with Crippen molar-refractivity contribution in [3.8, 4) is 17.0 Å². The first-order valence-electron chi connectivity index (χ1n) is 5.35. The SMILES string of the molecule is NC(=O)c1ncc(-c2ccc3c(c2)CCO3)[nH]1. The number of nitrogens with zero attached hydrogens (tertiary/aromatic N) is 1. The van der Waals surface area contributed by atoms with Crippen LogP contribution in [0.25, 0.3) is 11.3 Å². The zero-order valence-electron chi connectivity index (χ0n) is 9.06. The average molecular weight is 229 g/mol. The molecular weight excluding hydrogens is 218 g/mol. The molecule has 2 aromatic rings. The van der Waals surface area contributed by atoms with Gasteiger partial charge in [0.2, 0.25) is 0 Å². The van der Waals surface area contributed by atoms with Gasteiger partial charge in [-0.25, -0.2) is 4.98 Å². The summed E-state index contributed by atoms with van der Waals surface area (Å²) in [7, 11) is 0. The topological polar surface area (TPSA) is 81.0 Å². The molecule has 17 heavy (non-hydrogen) atoms. The monoisotopic (exact) mass is 229 g/mol. The number of aromatic nitrogens is 2. The Morgan fingerprint density at radius 2 is 2.35 bits per heavy atom. The van der Waals surface area contributed by atoms with Crippen molar-refractivity contribution >= 4 is 5.91 Å². The molecule has 86 valence electrons. The molecular formula is C12H11N3O2. The van der Waals surface area contributed by atoms with E-state index in [0.717, 1.165) is 30.0 Å². The zero-order chi connectivity index (χ0) is 11.8. The van der Waals surface area contributed by atoms with Gasteiger partial charge in [0.05, 0.1) is 18.5 Å². The first-order chi connectivity index (χ1) is 8.24. The normalized spacial score (nSPS) is 13.2. The van der Waals surface area contributed by atoms with Crippen LogP contribution in [0.1, 0.15) is 16.2 Å². The number of ether oxygens (including phenoxy) is 1. The molecule has 5 heteroatoms. The highest BCUT2D eigenvalue weighted by molar-refractivity contribution is 5.89. The van der Waals surface area contributed by atoms with E-state index in [-0.39, 0.29) is 5.82 Å². The maximum atomic E-state index is 10.9. The molecule has 0 unspecified atom stereocenters. The van der Waals surface area contributed by atoms with Gasteiger partial charge in [-0.15, -0.1) is 0 Å². The van der Waals surface area contributed by atoms with Gasteiger partial charge in [-0.3, -0.25) is 4.79 Å². The lowest BCUT2D eigenvalue weighted by molar-refractivity contribution is 0.0991. The molecule has 0 aliphatic carbocycles. The van der Waals surface area contributed by atoms with Gasteiger partial charge in [-0.1, -0.05) is 0 Å². The highest BCUT2D eigenvalue weighted by atomic mass is 16.5. The van der Waals surface area contributed by atoms with E-state index in [1.807, 2.05) is 18.2 Å². The van der Waals surface area contributed by atoms with Gasteiger partial charge in [0.15, 0.2) is 5.82 Å². The number of nitrogens with two attached hydrogens (primary N) is 1. The fraction of sp³-hybridized carbons (Fsp3) is 0.167. The summed E-state index contributed by atoms with van der Waals surface area (Å²) in [5.74, 6) is 0.556. The van der Waals surface area contributed by atoms with Crippen molar-refractivity contribution in [3.63, 3.8) is 0 Å². The molecule has 0 fully saturated rings. The standard InChI is InChI=1S/C12H11N3O2/c13-11(16)12-14-6-9(15-12)7-1-2-10-8(5-7)3-4-17-10/h1-2,5-6H,3-4H2,(H2,13,16)(H,14,15). The number of imidazole rings is 1. The third-order valence-electron chi connectivity index (χ3n) is 2.81. The van der Waals surface area contributed by atoms with E-state index in [9.17, 15) is 4.79 Å². The van der Waals surface area contributed by atoms with Gasteiger partial charge in [0, 0.05) is 12.0 Å². The number of H-pyrrole nitrogens is 1. The van der Waals surface area contributed by atoms with Crippen LogP contribution in [-0.4, -0.2) is 22.5 Å². The minimum atomic E-state index is -0.555. The van der Waals surface area contributed by atoms with Crippen LogP contribution in [0.5, 0.6) is 5.75 Å². The Hall–Kier alpha value is -2.30. The van der Waals surface area contributed by atoms with E-state index < -0.39 is 5.91 Å². The van der Waals surface area contributed by atoms with E-state index in [0.29, 0.717) is 0 Å². The number of carbonyl (C=O) groups is 1. The van der Waals surface area contributed by atoms with Crippen LogP contribution >= 0.6 is 0 Å². The minimum Gasteiger partial charge on any atom is -0.493 e. The fourth-order valence-corrected chi connectivity index (χ4v) is 1.95. The average Bonchev–Trinajstić information content (AvgIpc) is 2.97. The van der Waals surface area contributed by atoms with Gasteiger partial charge in [-0.2, -0.15) is 0 Å². The number of hydrogen-bond donors (Lipinski definition) is 2. The summed E-state index contributed by atoms with van der Waals surface area (Å²) in [5.41, 5.74) is 8.09. The number of amides is 1. The third kappa shape index (κ3) is 1.65. The molecule has 1 aliphatic heterocycles. The lowest BCUT2D eigenvalue weighted by atomic mass is 10.1. The number of primary amides is 1. The van der Waals surface area contributed by atoms with Crippen molar-refractivity contribution in [1.29, 1.82) is 0 Å². The predicted molar refractivity (Wildman–Crippen MR) is 61.7 cm³/mol. The summed E-state index contributed by atoms with van der Waals surface area (Å²) in [6.07, 6.45) is 2.53. The second-order valence-electron chi connectivity index (χ2n) is 3.93. The predicted octanol–water partition coefficient (Wildman–Crippen LogP) is 1.11. The Labute approximate surface area is 97.6 Å². The highest BCUT2D eigenvalue weighted by Crippen LogP contribution is 2.29. The Morgan fingerprint density at radius 3 is 3.12 bits per heavy atom. The van der Waals surface area contributed by atoms with Gasteiger partial charge < -0.3 is 15.5 Å². The first-order valence-corrected chi connectivity index (χ1v) is 5.35. The van der Waals surface area contributed by atoms with E-state index in [2.05, 4.69) is 9.97 Å². The van der Waals surface area contributed by atoms with E-state index in [1.165, 1.54) is 5.56 Å². The molecule has 3 rings (SSSR count). The Kier molecular flexibility index (Phi) is 2.11. The second-order valence-corrected chi connectivity index (χ2v) is 3.93. The number of fused-ring (bicyclic) bond motifs is 1. The van der Waals surface area contributed by atoms with Crippen molar-refractivity contribution in [2.24, 2.45) is 5.73 Å². The quantitative estimate of drug-likeness (QED) is 0.809. The summed E-state index contributed by atoms with van der Waals surface area (Å²) in [4.78, 5) is 17.8. The maximum Gasteiger partial charge on any atom is 0.284 e. The Balaban J connectivity index is 2.00. The van der Waals surface area contributed by atoms with Crippen LogP contribution in [0, 0.1) is 0 Å². The number of carbonyl (C=O) groups excluding carboxylic acids is 1. The van der Waals surface area contributed by atoms with Crippen LogP contribution in [0.4, 0.5) is 0 Å². The molecule has 3 N–H and O–H groups in total. The molecule has 0 saturated carbocycles. The molecule has 1 aliphatic rings. The molecule has 0 atom stereocenters. The smallest absolute Gasteiger partial charge is 0.284 e. The summed E-state index contributed by atoms with van der Waals surface area (Å²) in [6, 6.07) is 5.91. The van der Waals surface area contributed by atoms with E-state index in [4.69, 9.17) is 10.5 Å². The minimum absolute atomic E-state index is 0.178. The van der Waals surface area contributed by atoms with Crippen LogP contribution in [-0.2, 0) is 6.42 Å². The lowest BCUT2D eigenvalue weighted by Crippen LogP contribution is -2.12. The fourth-order valence-electron chi connectivity index (χ4n) is 1.95. The van der Waals surface area contributed by atoms with Gasteiger partial charge in [0.1, 0.15) is 5.75 Å². The third-order valence-corrected chi connectivity index (χ3v) is 2.81. The molecule has 1 amide bonds. The Bertz CT molecular complexity index is 589. The van der Waals surface area contributed by atoms with Crippen molar-refractivity contribution < 1.29 is 9.53 Å². The van der Waals surface area contributed by atoms with Crippen LogP contribution in [0.3, 0.4) is 0 Å². The van der Waals surface area contributed by atoms with Crippen LogP contribution in [0.15, 0.2) is 24.4 Å². The number of aromatic amines is 1. The summed E-state index contributed by atoms with van der Waals surface area (Å²) in [5, 5.41) is 0. The maximum absolute atomic E-state index is 10.9. The van der Waals surface area contributed by atoms with Crippen molar-refractivity contribution in [1.82, 2.24) is 9.97 Å². The summed E-state index contributed by atoms with van der Waals surface area (Å²) >= 11 is 0. The summed E-state index contributed by atoms with van der Waals surface area (Å²) < 4.78 is 5.43. The van der Waals surface area contributed by atoms with Gasteiger partial charge in [0.25, 0.3) is 5.91 Å². The molecule has 5 nitrogen and oxygen atoms in total. The number of hydrogen-bond acceptors (Lipinski definition) is 3. The van der Waals surface area contributed by atoms with Gasteiger partial charge >= 0.3 is 0 Å². The molecule has 2 heterocycles. The van der Waals surface area contributed by atoms with Crippen molar-refractivity contribution in [3.05, 3.63) is 35.8 Å². The number of nitrogens with one attached hydrogen (secondary N) is 1. The number of benzene rings is 1. The summed E-state index contributed by atoms with van der Waals surface area (Å²) in [6.45, 7) is 0.730. The first kappa shape index (κ1) is 9.89.